The van der Waals surface area contributed by atoms with E-state index in [2.05, 4.69) is 26.5 Å². The van der Waals surface area contributed by atoms with Crippen molar-refractivity contribution >= 4 is 31.0 Å². The van der Waals surface area contributed by atoms with E-state index in [0.717, 1.165) is 17.6 Å². The number of esters is 1. The summed E-state index contributed by atoms with van der Waals surface area (Å²) in [7, 11) is 1.41. The normalized spacial score (nSPS) is 38.9. The van der Waals surface area contributed by atoms with Gasteiger partial charge in [-0.3, -0.25) is 18.9 Å². The molecule has 0 aromatic rings. The van der Waals surface area contributed by atoms with E-state index in [1.54, 1.807) is 48.0 Å². The van der Waals surface area contributed by atoms with Crippen LogP contribution in [0.15, 0.2) is 59.8 Å². The molecule has 71 heavy (non-hydrogen) atoms. The number of rotatable bonds is 10. The first-order valence-corrected chi connectivity index (χ1v) is 28.0. The van der Waals surface area contributed by atoms with Gasteiger partial charge in [-0.25, -0.2) is 4.79 Å². The van der Waals surface area contributed by atoms with Crippen molar-refractivity contribution in [3.05, 3.63) is 59.8 Å². The van der Waals surface area contributed by atoms with Crippen LogP contribution in [0.1, 0.15) is 132 Å². The minimum Gasteiger partial charge on any atom is -0.460 e. The van der Waals surface area contributed by atoms with Gasteiger partial charge in [-0.15, -0.1) is 0 Å². The highest BCUT2D eigenvalue weighted by atomic mass is 31.2. The molecule has 0 radical (unpaired) electrons. The van der Waals surface area contributed by atoms with Crippen LogP contribution in [0.2, 0.25) is 0 Å². The smallest absolute Gasteiger partial charge is 0.329 e. The van der Waals surface area contributed by atoms with E-state index < -0.39 is 85.5 Å². The number of fused-ring (bicyclic) bond motifs is 3. The zero-order chi connectivity index (χ0) is 52.8. The van der Waals surface area contributed by atoms with Gasteiger partial charge in [0.15, 0.2) is 0 Å². The molecule has 2 bridgehead atoms. The molecule has 3 heterocycles. The standard InChI is InChI=1S/C55H88NO14P/c1-14-67-71(13,63)70-46-26-24-42(31-49(46)65-11)30-38(6)48-33-45(57)37(5)29-39(7)50(58)51(66-12)41(9)36(4)28-34(2)20-16-15-17-21-35(3)47(64-10)32-43-25-23-40(8)55(62,69-43)52(59)53(60)56-27-19-18-22-44(56)54(61)68-48/h15-17,20-21,29,34,36-38,40,42-44,46-51,58,62H,9,14,18-19,22-28,30-33H2,1-8,10-13H3/b17-15+,20-16+,35-21+,39-29+/t34-,36-,37-,38-,40-,42+,43+,44?,46-,47+,48+,49-,50-,51+,55?,71?/m1/s1. The number of ether oxygens (including phenoxy) is 5. The molecule has 15 nitrogen and oxygen atoms in total. The first-order valence-electron chi connectivity index (χ1n) is 26.0. The number of cyclic esters (lactones) is 1. The van der Waals surface area contributed by atoms with Crippen LogP contribution in [0.25, 0.3) is 0 Å². The first-order chi connectivity index (χ1) is 33.5. The van der Waals surface area contributed by atoms with Gasteiger partial charge in [0.2, 0.25) is 5.79 Å². The third kappa shape index (κ3) is 16.7. The zero-order valence-corrected chi connectivity index (χ0v) is 45.7. The summed E-state index contributed by atoms with van der Waals surface area (Å²) in [5.74, 6) is -7.09. The van der Waals surface area contributed by atoms with Gasteiger partial charge in [0.1, 0.15) is 30.1 Å². The molecule has 3 unspecified atom stereocenters. The van der Waals surface area contributed by atoms with Crippen LogP contribution in [0.5, 0.6) is 0 Å². The number of carbonyl (C=O) groups is 4. The molecule has 16 atom stereocenters. The van der Waals surface area contributed by atoms with E-state index in [1.165, 1.54) is 18.7 Å². The number of aliphatic hydroxyl groups is 2. The van der Waals surface area contributed by atoms with Gasteiger partial charge in [0.05, 0.1) is 31.0 Å². The minimum atomic E-state index is -3.30. The number of hydrogen-bond donors (Lipinski definition) is 2. The molecule has 2 N–H and O–H groups in total. The maximum atomic E-state index is 14.5. The van der Waals surface area contributed by atoms with E-state index >= 15 is 0 Å². The highest BCUT2D eigenvalue weighted by Gasteiger charge is 2.53. The maximum absolute atomic E-state index is 14.5. The molecule has 16 heteroatoms. The van der Waals surface area contributed by atoms with Crippen LogP contribution in [0.4, 0.5) is 0 Å². The number of nitrogens with zero attached hydrogens (tertiary/aromatic N) is 1. The second-order valence-corrected chi connectivity index (χ2v) is 23.0. The van der Waals surface area contributed by atoms with Crippen molar-refractivity contribution < 1.29 is 66.7 Å². The minimum absolute atomic E-state index is 0.0128. The van der Waals surface area contributed by atoms with Gasteiger partial charge in [-0.2, -0.15) is 0 Å². The molecular formula is C55H88NO14P. The van der Waals surface area contributed by atoms with E-state index in [-0.39, 0.29) is 61.6 Å². The molecular weight excluding hydrogens is 930 g/mol. The Morgan fingerprint density at radius 1 is 0.901 bits per heavy atom. The van der Waals surface area contributed by atoms with E-state index in [0.29, 0.717) is 63.4 Å². The monoisotopic (exact) mass is 1020 g/mol. The van der Waals surface area contributed by atoms with Gasteiger partial charge in [0.25, 0.3) is 11.7 Å². The Labute approximate surface area is 424 Å². The molecule has 1 saturated carbocycles. The Hall–Kier alpha value is -3.11. The second-order valence-electron chi connectivity index (χ2n) is 21.0. The molecule has 1 aliphatic carbocycles. The van der Waals surface area contributed by atoms with E-state index in [1.807, 2.05) is 38.2 Å². The SMILES string of the molecule is C=C1[C@H](C)C[C@H](C)/C=C/C=C/C=C(\C)[C@@H](OC)C[C@@H]2CC[C@@H](C)C(O)(O2)C(=O)C(=O)N2CCCCC2C(=O)O[C@H]([C@H](C)C[C@@H]2CC[C@@H](OP(C)(=O)OCC)[C@H](OC)C2)CC(=O)[C@H](C)/C=C(\C)[C@@H](O)[C@H]1OC. The number of methoxy groups -OCH3 is 3. The maximum Gasteiger partial charge on any atom is 0.329 e. The summed E-state index contributed by atoms with van der Waals surface area (Å²) in [4.78, 5) is 58.7. The zero-order valence-electron chi connectivity index (χ0n) is 44.8. The van der Waals surface area contributed by atoms with Crippen molar-refractivity contribution in [1.29, 1.82) is 0 Å². The van der Waals surface area contributed by atoms with Crippen LogP contribution in [-0.4, -0.2) is 134 Å². The van der Waals surface area contributed by atoms with Gasteiger partial charge in [0, 0.05) is 59.2 Å². The van der Waals surface area contributed by atoms with Crippen LogP contribution >= 0.6 is 7.60 Å². The summed E-state index contributed by atoms with van der Waals surface area (Å²) in [6.07, 6.45) is 12.6. The Morgan fingerprint density at radius 3 is 2.28 bits per heavy atom. The van der Waals surface area contributed by atoms with Crippen molar-refractivity contribution in [1.82, 2.24) is 4.90 Å². The molecule has 3 aliphatic heterocycles. The van der Waals surface area contributed by atoms with E-state index in [4.69, 9.17) is 32.7 Å². The Bertz CT molecular complexity index is 1980. The summed E-state index contributed by atoms with van der Waals surface area (Å²) in [5.41, 5.74) is 2.17. The number of hydrogen-bond acceptors (Lipinski definition) is 14. The number of piperidine rings is 1. The number of Topliss-reactive ketones (excluding diaryl/α,β-unsaturated/α-hetero) is 2. The second kappa shape index (κ2) is 28.0. The van der Waals surface area contributed by atoms with Crippen LogP contribution < -0.4 is 0 Å². The molecule has 2 saturated heterocycles. The summed E-state index contributed by atoms with van der Waals surface area (Å²) in [6, 6.07) is -1.15. The van der Waals surface area contributed by atoms with Crippen molar-refractivity contribution in [2.75, 3.05) is 41.1 Å². The molecule has 0 spiro atoms. The fourth-order valence-corrected chi connectivity index (χ4v) is 12.1. The van der Waals surface area contributed by atoms with Crippen molar-refractivity contribution in [3.63, 3.8) is 0 Å². The number of aliphatic hydroxyl groups excluding tert-OH is 1. The van der Waals surface area contributed by atoms with Crippen molar-refractivity contribution in [2.24, 2.45) is 35.5 Å². The molecule has 4 aliphatic rings. The number of carbonyl (C=O) groups excluding carboxylic acids is 4. The molecule has 0 aromatic heterocycles. The molecule has 3 fully saturated rings. The van der Waals surface area contributed by atoms with Crippen molar-refractivity contribution in [2.45, 2.75) is 187 Å². The Kier molecular flexibility index (Phi) is 23.8. The number of ketones is 2. The lowest BCUT2D eigenvalue weighted by molar-refractivity contribution is -0.265. The third-order valence-corrected chi connectivity index (χ3v) is 16.8. The Morgan fingerprint density at radius 2 is 1.62 bits per heavy atom. The summed E-state index contributed by atoms with van der Waals surface area (Å²) in [6.45, 7) is 21.1. The lowest BCUT2D eigenvalue weighted by atomic mass is 9.78. The van der Waals surface area contributed by atoms with Crippen LogP contribution in [0, 0.1) is 35.5 Å². The topological polar surface area (TPSA) is 194 Å². The summed E-state index contributed by atoms with van der Waals surface area (Å²) in [5, 5.41) is 23.7. The number of amides is 1. The van der Waals surface area contributed by atoms with Crippen molar-refractivity contribution in [3.8, 4) is 0 Å². The largest absolute Gasteiger partial charge is 0.460 e. The molecule has 402 valence electrons. The number of allylic oxidation sites excluding steroid dienone is 6. The predicted molar refractivity (Wildman–Crippen MR) is 273 cm³/mol. The average Bonchev–Trinajstić information content (AvgIpc) is 3.33. The summed E-state index contributed by atoms with van der Waals surface area (Å²) >= 11 is 0. The van der Waals surface area contributed by atoms with Crippen LogP contribution in [0.3, 0.4) is 0 Å². The molecule has 4 rings (SSSR count). The fraction of sp³-hybridized carbons (Fsp3) is 0.745. The highest BCUT2D eigenvalue weighted by molar-refractivity contribution is 7.53. The van der Waals surface area contributed by atoms with Gasteiger partial charge in [-0.1, -0.05) is 77.7 Å². The quantitative estimate of drug-likeness (QED) is 0.0911. The Balaban J connectivity index is 1.70. The van der Waals surface area contributed by atoms with E-state index in [9.17, 15) is 34.0 Å². The predicted octanol–water partition coefficient (Wildman–Crippen LogP) is 9.05. The fourth-order valence-electron chi connectivity index (χ4n) is 10.8. The van der Waals surface area contributed by atoms with Gasteiger partial charge >= 0.3 is 13.6 Å². The molecule has 1 amide bonds. The van der Waals surface area contributed by atoms with Gasteiger partial charge in [-0.05, 0) is 125 Å². The summed E-state index contributed by atoms with van der Waals surface area (Å²) < 4.78 is 54.4. The first kappa shape index (κ1) is 60.4. The lowest BCUT2D eigenvalue weighted by Gasteiger charge is -2.42. The average molecular weight is 1020 g/mol. The lowest BCUT2D eigenvalue weighted by Crippen LogP contribution is -2.61. The highest BCUT2D eigenvalue weighted by Crippen LogP contribution is 2.48. The molecule has 0 aromatic carbocycles. The third-order valence-electron chi connectivity index (χ3n) is 15.4. The van der Waals surface area contributed by atoms with Crippen LogP contribution in [-0.2, 0) is 56.5 Å². The van der Waals surface area contributed by atoms with Gasteiger partial charge < -0.3 is 47.8 Å².